The summed E-state index contributed by atoms with van der Waals surface area (Å²) in [6.45, 7) is 6.11. The van der Waals surface area contributed by atoms with Gasteiger partial charge in [-0.1, -0.05) is 13.0 Å². The number of nitrogens with two attached hydrogens (primary N) is 1. The van der Waals surface area contributed by atoms with Crippen molar-refractivity contribution in [2.45, 2.75) is 33.2 Å². The fourth-order valence-corrected chi connectivity index (χ4v) is 2.77. The van der Waals surface area contributed by atoms with E-state index in [0.717, 1.165) is 28.6 Å². The zero-order valence-corrected chi connectivity index (χ0v) is 13.1. The summed E-state index contributed by atoms with van der Waals surface area (Å²) >= 11 is 0. The van der Waals surface area contributed by atoms with Gasteiger partial charge < -0.3 is 10.7 Å². The monoisotopic (exact) mass is 296 g/mol. The van der Waals surface area contributed by atoms with Gasteiger partial charge in [0.05, 0.1) is 5.52 Å². The van der Waals surface area contributed by atoms with E-state index < -0.39 is 0 Å². The van der Waals surface area contributed by atoms with Crippen LogP contribution in [0.15, 0.2) is 35.3 Å². The van der Waals surface area contributed by atoms with Gasteiger partial charge >= 0.3 is 5.69 Å². The molecular formula is C17H20N4O. The number of pyridine rings is 1. The van der Waals surface area contributed by atoms with Crippen LogP contribution in [0.1, 0.15) is 31.9 Å². The van der Waals surface area contributed by atoms with E-state index in [4.69, 9.17) is 5.73 Å². The average Bonchev–Trinajstić information content (AvgIpc) is 2.85. The molecule has 3 rings (SSSR count). The lowest BCUT2D eigenvalue weighted by atomic mass is 10.00. The van der Waals surface area contributed by atoms with Crippen molar-refractivity contribution in [3.63, 3.8) is 0 Å². The van der Waals surface area contributed by atoms with Gasteiger partial charge in [0, 0.05) is 23.5 Å². The molecule has 0 radical (unpaired) electrons. The van der Waals surface area contributed by atoms with E-state index >= 15 is 0 Å². The van der Waals surface area contributed by atoms with Gasteiger partial charge in [-0.15, -0.1) is 0 Å². The van der Waals surface area contributed by atoms with E-state index in [0.29, 0.717) is 11.3 Å². The maximum atomic E-state index is 12.3. The first-order valence-corrected chi connectivity index (χ1v) is 7.48. The minimum Gasteiger partial charge on any atom is -0.399 e. The topological polar surface area (TPSA) is 76.7 Å². The summed E-state index contributed by atoms with van der Waals surface area (Å²) in [5.41, 5.74) is 11.0. The van der Waals surface area contributed by atoms with Gasteiger partial charge in [-0.25, -0.2) is 9.78 Å². The number of benzene rings is 1. The summed E-state index contributed by atoms with van der Waals surface area (Å²) in [5, 5.41) is 0. The first kappa shape index (κ1) is 14.4. The molecule has 1 unspecified atom stereocenters. The molecule has 0 fully saturated rings. The van der Waals surface area contributed by atoms with E-state index in [2.05, 4.69) is 16.9 Å². The molecule has 0 aliphatic carbocycles. The Morgan fingerprint density at radius 3 is 2.82 bits per heavy atom. The summed E-state index contributed by atoms with van der Waals surface area (Å²) in [6, 6.07) is 7.82. The lowest BCUT2D eigenvalue weighted by Crippen LogP contribution is -2.20. The number of aryl methyl sites for hydroxylation is 1. The maximum Gasteiger partial charge on any atom is 0.327 e. The number of nitrogens with zero attached hydrogens (tertiary/aromatic N) is 2. The van der Waals surface area contributed by atoms with Gasteiger partial charge in [0.2, 0.25) is 0 Å². The third-order valence-corrected chi connectivity index (χ3v) is 4.19. The van der Waals surface area contributed by atoms with Crippen molar-refractivity contribution in [1.29, 1.82) is 0 Å². The number of nitrogens with one attached hydrogen (secondary N) is 1. The second-order valence-electron chi connectivity index (χ2n) is 5.69. The molecule has 1 atom stereocenters. The largest absolute Gasteiger partial charge is 0.399 e. The van der Waals surface area contributed by atoms with Gasteiger partial charge in [0.25, 0.3) is 0 Å². The van der Waals surface area contributed by atoms with Crippen LogP contribution in [0, 0.1) is 6.92 Å². The highest BCUT2D eigenvalue weighted by atomic mass is 16.1. The molecule has 2 heterocycles. The second-order valence-corrected chi connectivity index (χ2v) is 5.69. The fourth-order valence-electron chi connectivity index (χ4n) is 2.77. The van der Waals surface area contributed by atoms with Crippen molar-refractivity contribution in [3.05, 3.63) is 46.5 Å². The summed E-state index contributed by atoms with van der Waals surface area (Å²) in [5.74, 6) is 0. The van der Waals surface area contributed by atoms with E-state index in [9.17, 15) is 4.79 Å². The van der Waals surface area contributed by atoms with Gasteiger partial charge in [0.15, 0.2) is 5.65 Å². The Kier molecular flexibility index (Phi) is 3.48. The smallest absolute Gasteiger partial charge is 0.327 e. The molecule has 5 nitrogen and oxygen atoms in total. The van der Waals surface area contributed by atoms with Gasteiger partial charge in [-0.2, -0.15) is 0 Å². The third-order valence-electron chi connectivity index (χ3n) is 4.19. The molecule has 22 heavy (non-hydrogen) atoms. The Morgan fingerprint density at radius 2 is 2.09 bits per heavy atom. The standard InChI is InChI=1S/C17H20N4O/c1-4-11(3)21-16-15(20-17(21)22)13(7-8-19-16)14-9-12(18)6-5-10(14)2/h5-9,11H,4,18H2,1-3H3,(H,20,22). The molecular weight excluding hydrogens is 276 g/mol. The predicted octanol–water partition coefficient (Wildman–Crippen LogP) is 3.25. The highest BCUT2D eigenvalue weighted by Gasteiger charge is 2.16. The third kappa shape index (κ3) is 2.19. The van der Waals surface area contributed by atoms with Crippen molar-refractivity contribution >= 4 is 16.9 Å². The Bertz CT molecular complexity index is 891. The highest BCUT2D eigenvalue weighted by Crippen LogP contribution is 2.30. The molecule has 0 amide bonds. The van der Waals surface area contributed by atoms with E-state index in [1.165, 1.54) is 0 Å². The van der Waals surface area contributed by atoms with Crippen molar-refractivity contribution in [2.24, 2.45) is 0 Å². The Morgan fingerprint density at radius 1 is 1.32 bits per heavy atom. The van der Waals surface area contributed by atoms with Crippen molar-refractivity contribution < 1.29 is 0 Å². The summed E-state index contributed by atoms with van der Waals surface area (Å²) in [7, 11) is 0. The van der Waals surface area contributed by atoms with E-state index in [1.807, 2.05) is 38.1 Å². The molecule has 114 valence electrons. The first-order chi connectivity index (χ1) is 10.5. The molecule has 0 aliphatic heterocycles. The first-order valence-electron chi connectivity index (χ1n) is 7.48. The van der Waals surface area contributed by atoms with Crippen LogP contribution in [-0.2, 0) is 0 Å². The number of H-pyrrole nitrogens is 1. The number of fused-ring (bicyclic) bond motifs is 1. The van der Waals surface area contributed by atoms with Crippen LogP contribution >= 0.6 is 0 Å². The van der Waals surface area contributed by atoms with Crippen molar-refractivity contribution in [2.75, 3.05) is 5.73 Å². The van der Waals surface area contributed by atoms with Crippen LogP contribution in [0.2, 0.25) is 0 Å². The van der Waals surface area contributed by atoms with Gasteiger partial charge in [-0.3, -0.25) is 4.57 Å². The quantitative estimate of drug-likeness (QED) is 0.728. The molecule has 2 aromatic heterocycles. The second kappa shape index (κ2) is 5.33. The van der Waals surface area contributed by atoms with Crippen LogP contribution in [0.5, 0.6) is 0 Å². The molecule has 3 aromatic rings. The van der Waals surface area contributed by atoms with Crippen LogP contribution in [0.25, 0.3) is 22.3 Å². The fraction of sp³-hybridized carbons (Fsp3) is 0.294. The number of hydrogen-bond acceptors (Lipinski definition) is 3. The van der Waals surface area contributed by atoms with Crippen molar-refractivity contribution in [1.82, 2.24) is 14.5 Å². The lowest BCUT2D eigenvalue weighted by molar-refractivity contribution is 0.526. The minimum absolute atomic E-state index is 0.103. The normalized spacial score (nSPS) is 12.7. The molecule has 0 aliphatic rings. The summed E-state index contributed by atoms with van der Waals surface area (Å²) in [4.78, 5) is 19.7. The average molecular weight is 296 g/mol. The molecule has 0 saturated heterocycles. The number of hydrogen-bond donors (Lipinski definition) is 2. The Labute approximate surface area is 128 Å². The zero-order chi connectivity index (χ0) is 15.9. The zero-order valence-electron chi connectivity index (χ0n) is 13.1. The molecule has 5 heteroatoms. The SMILES string of the molecule is CCC(C)n1c(=O)[nH]c2c(-c3cc(N)ccc3C)ccnc21. The summed E-state index contributed by atoms with van der Waals surface area (Å²) in [6.07, 6.45) is 2.61. The molecule has 0 saturated carbocycles. The Balaban J connectivity index is 2.33. The van der Waals surface area contributed by atoms with Crippen LogP contribution < -0.4 is 11.4 Å². The number of imidazole rings is 1. The summed E-state index contributed by atoms with van der Waals surface area (Å²) < 4.78 is 1.72. The van der Waals surface area contributed by atoms with E-state index in [1.54, 1.807) is 10.8 Å². The minimum atomic E-state index is -0.120. The number of nitrogen functional groups attached to an aromatic ring is 1. The number of aromatic nitrogens is 3. The molecule has 0 bridgehead atoms. The van der Waals surface area contributed by atoms with Gasteiger partial charge in [-0.05, 0) is 49.6 Å². The lowest BCUT2D eigenvalue weighted by Gasteiger charge is -2.11. The number of anilines is 1. The highest BCUT2D eigenvalue weighted by molar-refractivity contribution is 5.91. The Hall–Kier alpha value is -2.56. The van der Waals surface area contributed by atoms with E-state index in [-0.39, 0.29) is 11.7 Å². The van der Waals surface area contributed by atoms with Crippen molar-refractivity contribution in [3.8, 4) is 11.1 Å². The maximum absolute atomic E-state index is 12.3. The van der Waals surface area contributed by atoms with Gasteiger partial charge in [0.1, 0.15) is 0 Å². The molecule has 0 spiro atoms. The van der Waals surface area contributed by atoms with Crippen LogP contribution in [-0.4, -0.2) is 14.5 Å². The van der Waals surface area contributed by atoms with Crippen LogP contribution in [0.3, 0.4) is 0 Å². The predicted molar refractivity (Wildman–Crippen MR) is 89.9 cm³/mol. The van der Waals surface area contributed by atoms with Crippen LogP contribution in [0.4, 0.5) is 5.69 Å². The number of rotatable bonds is 3. The molecule has 3 N–H and O–H groups in total. The number of aromatic amines is 1. The molecule has 1 aromatic carbocycles.